The van der Waals surface area contributed by atoms with Gasteiger partial charge in [-0.05, 0) is 51.2 Å². The van der Waals surface area contributed by atoms with Crippen LogP contribution >= 0.6 is 49.9 Å². The molecule has 1 N–H and O–H groups in total. The summed E-state index contributed by atoms with van der Waals surface area (Å²) in [6, 6.07) is 4.31. The minimum atomic E-state index is 0.126. The van der Waals surface area contributed by atoms with Crippen molar-refractivity contribution in [1.82, 2.24) is 0 Å². The van der Waals surface area contributed by atoms with Gasteiger partial charge in [0.1, 0.15) is 0 Å². The Morgan fingerprint density at radius 2 is 2.14 bits per heavy atom. The second-order valence-corrected chi connectivity index (χ2v) is 5.71. The van der Waals surface area contributed by atoms with Crippen molar-refractivity contribution >= 4 is 59.9 Å². The molecule has 0 aliphatic rings. The van der Waals surface area contributed by atoms with E-state index >= 15 is 0 Å². The number of alkyl halides is 1. The van der Waals surface area contributed by atoms with Gasteiger partial charge in [-0.1, -0.05) is 15.9 Å². The minimum Gasteiger partial charge on any atom is -0.392 e. The molecule has 74 valence electrons. The molecule has 1 heterocycles. The molecule has 0 spiro atoms. The van der Waals surface area contributed by atoms with Crippen LogP contribution < -0.4 is 0 Å². The molecule has 0 aliphatic carbocycles. The lowest BCUT2D eigenvalue weighted by Crippen LogP contribution is -1.86. The molecule has 1 aromatic heterocycles. The molecule has 1 aromatic carbocycles. The van der Waals surface area contributed by atoms with Crippen molar-refractivity contribution in [2.75, 3.05) is 0 Å². The summed E-state index contributed by atoms with van der Waals surface area (Å²) in [5, 5.41) is 13.3. The second kappa shape index (κ2) is 4.47. The van der Waals surface area contributed by atoms with Crippen molar-refractivity contribution < 1.29 is 5.11 Å². The maximum atomic E-state index is 9.20. The van der Waals surface area contributed by atoms with Crippen molar-refractivity contribution in [2.24, 2.45) is 0 Å². The molecule has 1 nitrogen and oxygen atoms in total. The van der Waals surface area contributed by atoms with Gasteiger partial charge in [0.2, 0.25) is 0 Å². The summed E-state index contributed by atoms with van der Waals surface area (Å²) in [4.78, 5) is 0. The van der Waals surface area contributed by atoms with Crippen LogP contribution in [0.5, 0.6) is 0 Å². The Morgan fingerprint density at radius 3 is 2.79 bits per heavy atom. The number of hydrogen-bond acceptors (Lipinski definition) is 2. The van der Waals surface area contributed by atoms with Gasteiger partial charge < -0.3 is 5.11 Å². The van der Waals surface area contributed by atoms with E-state index < -0.39 is 0 Å². The fourth-order valence-corrected chi connectivity index (χ4v) is 3.89. The monoisotopic (exact) mass is 382 g/mol. The molecule has 0 amide bonds. The summed E-state index contributed by atoms with van der Waals surface area (Å²) in [5.74, 6) is 0. The highest BCUT2D eigenvalue weighted by molar-refractivity contribution is 14.1. The molecule has 0 fully saturated rings. The highest BCUT2D eigenvalue weighted by Crippen LogP contribution is 2.32. The molecule has 0 unspecified atom stereocenters. The van der Waals surface area contributed by atoms with Crippen LogP contribution in [0, 0.1) is 3.57 Å². The van der Waals surface area contributed by atoms with Gasteiger partial charge in [0.05, 0.1) is 6.61 Å². The van der Waals surface area contributed by atoms with Crippen LogP contribution in [0.25, 0.3) is 10.1 Å². The van der Waals surface area contributed by atoms with Crippen LogP contribution in [0.4, 0.5) is 0 Å². The van der Waals surface area contributed by atoms with Crippen LogP contribution in [0.2, 0.25) is 0 Å². The van der Waals surface area contributed by atoms with Crippen LogP contribution in [-0.2, 0) is 11.9 Å². The van der Waals surface area contributed by atoms with Gasteiger partial charge in [-0.2, -0.15) is 0 Å². The number of aliphatic hydroxyl groups excluding tert-OH is 1. The zero-order valence-electron chi connectivity index (χ0n) is 7.26. The fourth-order valence-electron chi connectivity index (χ4n) is 1.51. The predicted molar refractivity (Wildman–Crippen MR) is 73.1 cm³/mol. The molecule has 4 heteroatoms. The number of fused-ring (bicyclic) bond motifs is 1. The van der Waals surface area contributed by atoms with Gasteiger partial charge in [-0.25, -0.2) is 0 Å². The molecule has 0 radical (unpaired) electrons. The number of halogens is 2. The Balaban J connectivity index is 2.78. The van der Waals surface area contributed by atoms with Crippen molar-refractivity contribution in [2.45, 2.75) is 11.9 Å². The van der Waals surface area contributed by atoms with Crippen LogP contribution in [0.3, 0.4) is 0 Å². The SMILES string of the molecule is OCc1csc2cc(I)cc(CBr)c12. The molecule has 0 atom stereocenters. The highest BCUT2D eigenvalue weighted by Gasteiger charge is 2.08. The number of rotatable bonds is 2. The van der Waals surface area contributed by atoms with Gasteiger partial charge in [-0.3, -0.25) is 0 Å². The molecule has 2 aromatic rings. The standard InChI is InChI=1S/C10H8BrIOS/c11-3-6-1-8(12)2-9-10(6)7(4-13)5-14-9/h1-2,5,13H,3-4H2. The molecule has 14 heavy (non-hydrogen) atoms. The lowest BCUT2D eigenvalue weighted by Gasteiger charge is -2.02. The minimum absolute atomic E-state index is 0.126. The van der Waals surface area contributed by atoms with Gasteiger partial charge in [0.25, 0.3) is 0 Å². The summed E-state index contributed by atoms with van der Waals surface area (Å²) < 4.78 is 2.51. The molecule has 0 bridgehead atoms. The first-order valence-corrected chi connectivity index (χ1v) is 7.19. The molecular formula is C10H8BrIOS. The van der Waals surface area contributed by atoms with E-state index in [9.17, 15) is 5.11 Å². The number of benzene rings is 1. The van der Waals surface area contributed by atoms with E-state index in [1.54, 1.807) is 11.3 Å². The Morgan fingerprint density at radius 1 is 1.36 bits per heavy atom. The summed E-state index contributed by atoms with van der Waals surface area (Å²) in [6.07, 6.45) is 0. The first-order valence-electron chi connectivity index (χ1n) is 4.11. The van der Waals surface area contributed by atoms with E-state index in [1.807, 2.05) is 5.38 Å². The summed E-state index contributed by atoms with van der Waals surface area (Å²) in [5.41, 5.74) is 2.30. The topological polar surface area (TPSA) is 20.2 Å². The number of aliphatic hydroxyl groups is 1. The molecule has 2 rings (SSSR count). The normalized spacial score (nSPS) is 11.1. The van der Waals surface area contributed by atoms with Crippen molar-refractivity contribution in [3.8, 4) is 0 Å². The smallest absolute Gasteiger partial charge is 0.0696 e. The third-order valence-electron chi connectivity index (χ3n) is 2.11. The Hall–Kier alpha value is 0.350. The van der Waals surface area contributed by atoms with Crippen LogP contribution in [-0.4, -0.2) is 5.11 Å². The van der Waals surface area contributed by atoms with E-state index in [0.29, 0.717) is 0 Å². The van der Waals surface area contributed by atoms with Crippen molar-refractivity contribution in [3.05, 3.63) is 32.2 Å². The van der Waals surface area contributed by atoms with Crippen LogP contribution in [0.1, 0.15) is 11.1 Å². The number of hydrogen-bond donors (Lipinski definition) is 1. The van der Waals surface area contributed by atoms with Gasteiger partial charge >= 0.3 is 0 Å². The third-order valence-corrected chi connectivity index (χ3v) is 4.32. The molecular weight excluding hydrogens is 375 g/mol. The zero-order valence-corrected chi connectivity index (χ0v) is 11.8. The lowest BCUT2D eigenvalue weighted by molar-refractivity contribution is 0.283. The van der Waals surface area contributed by atoms with Crippen molar-refractivity contribution in [1.29, 1.82) is 0 Å². The Kier molecular flexibility index (Phi) is 3.46. The van der Waals surface area contributed by atoms with Gasteiger partial charge in [-0.15, -0.1) is 11.3 Å². The first kappa shape index (κ1) is 10.9. The average molecular weight is 383 g/mol. The lowest BCUT2D eigenvalue weighted by atomic mass is 10.1. The molecule has 0 saturated heterocycles. The Labute approximate surface area is 108 Å². The van der Waals surface area contributed by atoms with Gasteiger partial charge in [0.15, 0.2) is 0 Å². The number of thiophene rings is 1. The van der Waals surface area contributed by atoms with E-state index in [1.165, 1.54) is 19.2 Å². The van der Waals surface area contributed by atoms with E-state index in [-0.39, 0.29) is 6.61 Å². The van der Waals surface area contributed by atoms with Gasteiger partial charge in [0, 0.05) is 19.0 Å². The van der Waals surface area contributed by atoms with E-state index in [0.717, 1.165) is 10.9 Å². The average Bonchev–Trinajstić information content (AvgIpc) is 2.59. The summed E-state index contributed by atoms with van der Waals surface area (Å²) in [7, 11) is 0. The summed E-state index contributed by atoms with van der Waals surface area (Å²) >= 11 is 7.50. The van der Waals surface area contributed by atoms with E-state index in [4.69, 9.17) is 0 Å². The highest BCUT2D eigenvalue weighted by atomic mass is 127. The summed E-state index contributed by atoms with van der Waals surface area (Å²) in [6.45, 7) is 0.126. The fraction of sp³-hybridized carbons (Fsp3) is 0.200. The maximum Gasteiger partial charge on any atom is 0.0696 e. The zero-order chi connectivity index (χ0) is 10.1. The third kappa shape index (κ3) is 1.85. The molecule has 0 saturated carbocycles. The first-order chi connectivity index (χ1) is 6.76. The second-order valence-electron chi connectivity index (χ2n) is 2.99. The largest absolute Gasteiger partial charge is 0.392 e. The quantitative estimate of drug-likeness (QED) is 0.617. The van der Waals surface area contributed by atoms with E-state index in [2.05, 4.69) is 50.7 Å². The maximum absolute atomic E-state index is 9.20. The van der Waals surface area contributed by atoms with Crippen molar-refractivity contribution in [3.63, 3.8) is 0 Å². The molecule has 0 aliphatic heterocycles. The Bertz CT molecular complexity index is 466. The van der Waals surface area contributed by atoms with Crippen LogP contribution in [0.15, 0.2) is 17.5 Å². The predicted octanol–water partition coefficient (Wildman–Crippen LogP) is 3.89.